The molecule has 3 rings (SSSR count). The number of fused-ring (bicyclic) bond motifs is 1. The first-order valence-electron chi connectivity index (χ1n) is 8.40. The lowest BCUT2D eigenvalue weighted by atomic mass is 10.2. The summed E-state index contributed by atoms with van der Waals surface area (Å²) in [4.78, 5) is 40.4. The van der Waals surface area contributed by atoms with Crippen LogP contribution in [0.4, 0.5) is 0 Å². The van der Waals surface area contributed by atoms with Crippen molar-refractivity contribution in [3.8, 4) is 0 Å². The summed E-state index contributed by atoms with van der Waals surface area (Å²) in [5.74, 6) is -0.0430. The molecule has 0 spiro atoms. The molecule has 8 heteroatoms. The smallest absolute Gasteiger partial charge is 0.332 e. The van der Waals surface area contributed by atoms with Crippen LogP contribution in [0.2, 0.25) is 0 Å². The minimum Gasteiger partial charge on any atom is -0.352 e. The standard InChI is InChI=1S/C18H21N5O3/c1-21-16-15(17(25)22(2)18(21)26)23(12-20-16)10-6-9-14(24)19-11-13-7-4-3-5-8-13/h3-5,7-8,12H,6,9-11H2,1-2H3,(H,19,24). The van der Waals surface area contributed by atoms with Crippen LogP contribution in [0.25, 0.3) is 11.2 Å². The zero-order valence-corrected chi connectivity index (χ0v) is 14.8. The summed E-state index contributed by atoms with van der Waals surface area (Å²) in [6.07, 6.45) is 2.45. The lowest BCUT2D eigenvalue weighted by Gasteiger charge is -2.07. The molecule has 1 amide bonds. The predicted octanol–water partition coefficient (Wildman–Crippen LogP) is 0.530. The lowest BCUT2D eigenvalue weighted by Crippen LogP contribution is -2.37. The average Bonchev–Trinajstić information content (AvgIpc) is 3.08. The number of imidazole rings is 1. The number of hydrogen-bond donors (Lipinski definition) is 1. The number of aryl methyl sites for hydroxylation is 2. The van der Waals surface area contributed by atoms with Gasteiger partial charge in [-0.25, -0.2) is 9.78 Å². The van der Waals surface area contributed by atoms with E-state index in [0.29, 0.717) is 37.1 Å². The molecule has 0 saturated heterocycles. The van der Waals surface area contributed by atoms with Gasteiger partial charge in [-0.1, -0.05) is 30.3 Å². The summed E-state index contributed by atoms with van der Waals surface area (Å²) < 4.78 is 4.11. The number of nitrogens with zero attached hydrogens (tertiary/aromatic N) is 4. The van der Waals surface area contributed by atoms with Crippen molar-refractivity contribution in [1.29, 1.82) is 0 Å². The molecule has 8 nitrogen and oxygen atoms in total. The molecule has 0 saturated carbocycles. The van der Waals surface area contributed by atoms with E-state index in [1.54, 1.807) is 11.6 Å². The summed E-state index contributed by atoms with van der Waals surface area (Å²) in [5.41, 5.74) is 0.985. The van der Waals surface area contributed by atoms with Crippen LogP contribution in [0, 0.1) is 0 Å². The Morgan fingerprint density at radius 1 is 1.12 bits per heavy atom. The van der Waals surface area contributed by atoms with Gasteiger partial charge in [-0.15, -0.1) is 0 Å². The molecular formula is C18H21N5O3. The van der Waals surface area contributed by atoms with Crippen molar-refractivity contribution >= 4 is 17.1 Å². The first-order valence-corrected chi connectivity index (χ1v) is 8.40. The quantitative estimate of drug-likeness (QED) is 0.698. The molecule has 1 N–H and O–H groups in total. The molecule has 1 aromatic carbocycles. The number of benzene rings is 1. The van der Waals surface area contributed by atoms with Gasteiger partial charge in [0.1, 0.15) is 0 Å². The zero-order valence-electron chi connectivity index (χ0n) is 14.8. The maximum Gasteiger partial charge on any atom is 0.332 e. The second kappa shape index (κ2) is 7.38. The number of carbonyl (C=O) groups is 1. The van der Waals surface area contributed by atoms with Crippen LogP contribution in [0.5, 0.6) is 0 Å². The predicted molar refractivity (Wildman–Crippen MR) is 97.7 cm³/mol. The van der Waals surface area contributed by atoms with Crippen molar-refractivity contribution in [2.24, 2.45) is 14.1 Å². The summed E-state index contributed by atoms with van der Waals surface area (Å²) in [5, 5.41) is 2.88. The Labute approximate surface area is 149 Å². The molecule has 0 aliphatic heterocycles. The fourth-order valence-corrected chi connectivity index (χ4v) is 2.86. The van der Waals surface area contributed by atoms with Gasteiger partial charge in [0.25, 0.3) is 5.56 Å². The molecule has 26 heavy (non-hydrogen) atoms. The van der Waals surface area contributed by atoms with E-state index in [9.17, 15) is 14.4 Å². The molecule has 0 fully saturated rings. The lowest BCUT2D eigenvalue weighted by molar-refractivity contribution is -0.121. The molecular weight excluding hydrogens is 334 g/mol. The fourth-order valence-electron chi connectivity index (χ4n) is 2.86. The maximum absolute atomic E-state index is 12.3. The Morgan fingerprint density at radius 2 is 1.85 bits per heavy atom. The molecule has 2 heterocycles. The van der Waals surface area contributed by atoms with Gasteiger partial charge in [0, 0.05) is 33.6 Å². The van der Waals surface area contributed by atoms with Crippen molar-refractivity contribution in [3.05, 3.63) is 63.1 Å². The molecule has 0 aliphatic rings. The highest BCUT2D eigenvalue weighted by Crippen LogP contribution is 2.07. The summed E-state index contributed by atoms with van der Waals surface area (Å²) in [7, 11) is 3.02. The van der Waals surface area contributed by atoms with Gasteiger partial charge in [-0.05, 0) is 12.0 Å². The number of hydrogen-bond acceptors (Lipinski definition) is 4. The molecule has 2 aromatic heterocycles. The Kier molecular flexibility index (Phi) is 5.01. The van der Waals surface area contributed by atoms with Crippen LogP contribution in [0.1, 0.15) is 18.4 Å². The Balaban J connectivity index is 1.63. The fraction of sp³-hybridized carbons (Fsp3) is 0.333. The van der Waals surface area contributed by atoms with Crippen LogP contribution < -0.4 is 16.6 Å². The normalized spacial score (nSPS) is 11.0. The molecule has 3 aromatic rings. The second-order valence-electron chi connectivity index (χ2n) is 6.18. The largest absolute Gasteiger partial charge is 0.352 e. The molecule has 0 unspecified atom stereocenters. The minimum atomic E-state index is -0.409. The van der Waals surface area contributed by atoms with Gasteiger partial charge in [0.2, 0.25) is 5.91 Å². The van der Waals surface area contributed by atoms with Crippen LogP contribution in [0.15, 0.2) is 46.2 Å². The van der Waals surface area contributed by atoms with Crippen LogP contribution >= 0.6 is 0 Å². The highest BCUT2D eigenvalue weighted by molar-refractivity contribution is 5.75. The van der Waals surface area contributed by atoms with Gasteiger partial charge >= 0.3 is 5.69 Å². The van der Waals surface area contributed by atoms with Crippen molar-refractivity contribution in [2.45, 2.75) is 25.9 Å². The second-order valence-corrected chi connectivity index (χ2v) is 6.18. The molecule has 0 atom stereocenters. The highest BCUT2D eigenvalue weighted by Gasteiger charge is 2.14. The van der Waals surface area contributed by atoms with Crippen LogP contribution in [-0.2, 0) is 32.0 Å². The summed E-state index contributed by atoms with van der Waals surface area (Å²) in [6, 6.07) is 9.70. The van der Waals surface area contributed by atoms with Crippen molar-refractivity contribution in [1.82, 2.24) is 24.0 Å². The number of rotatable bonds is 6. The first kappa shape index (κ1) is 17.7. The van der Waals surface area contributed by atoms with E-state index in [2.05, 4.69) is 10.3 Å². The topological polar surface area (TPSA) is 90.9 Å². The van der Waals surface area contributed by atoms with Crippen molar-refractivity contribution in [3.63, 3.8) is 0 Å². The molecule has 136 valence electrons. The van der Waals surface area contributed by atoms with Crippen LogP contribution in [0.3, 0.4) is 0 Å². The minimum absolute atomic E-state index is 0.0430. The zero-order chi connectivity index (χ0) is 18.7. The van der Waals surface area contributed by atoms with E-state index < -0.39 is 5.69 Å². The van der Waals surface area contributed by atoms with E-state index in [-0.39, 0.29) is 11.5 Å². The van der Waals surface area contributed by atoms with E-state index in [4.69, 9.17) is 0 Å². The van der Waals surface area contributed by atoms with Gasteiger partial charge in [0.15, 0.2) is 11.2 Å². The monoisotopic (exact) mass is 355 g/mol. The first-order chi connectivity index (χ1) is 12.5. The number of amides is 1. The van der Waals surface area contributed by atoms with Crippen molar-refractivity contribution < 1.29 is 4.79 Å². The Hall–Kier alpha value is -3.16. The highest BCUT2D eigenvalue weighted by atomic mass is 16.2. The van der Waals surface area contributed by atoms with Gasteiger partial charge in [-0.2, -0.15) is 0 Å². The summed E-state index contributed by atoms with van der Waals surface area (Å²) in [6.45, 7) is 0.971. The Morgan fingerprint density at radius 3 is 2.58 bits per heavy atom. The van der Waals surface area contributed by atoms with E-state index >= 15 is 0 Å². The Bertz CT molecular complexity index is 1050. The average molecular weight is 355 g/mol. The maximum atomic E-state index is 12.3. The molecule has 0 radical (unpaired) electrons. The van der Waals surface area contributed by atoms with Crippen LogP contribution in [-0.4, -0.2) is 24.6 Å². The van der Waals surface area contributed by atoms with Gasteiger partial charge in [0.05, 0.1) is 6.33 Å². The molecule has 0 aliphatic carbocycles. The van der Waals surface area contributed by atoms with Gasteiger partial charge < -0.3 is 9.88 Å². The summed E-state index contributed by atoms with van der Waals surface area (Å²) >= 11 is 0. The van der Waals surface area contributed by atoms with E-state index in [0.717, 1.165) is 10.1 Å². The molecule has 0 bridgehead atoms. The number of nitrogens with one attached hydrogen (secondary N) is 1. The van der Waals surface area contributed by atoms with Crippen molar-refractivity contribution in [2.75, 3.05) is 0 Å². The SMILES string of the molecule is Cn1c(=O)c2c(ncn2CCCC(=O)NCc2ccccc2)n(C)c1=O. The van der Waals surface area contributed by atoms with E-state index in [1.807, 2.05) is 30.3 Å². The van der Waals surface area contributed by atoms with E-state index in [1.165, 1.54) is 17.9 Å². The third-order valence-electron chi connectivity index (χ3n) is 4.35. The van der Waals surface area contributed by atoms with Gasteiger partial charge in [-0.3, -0.25) is 18.7 Å². The third kappa shape index (κ3) is 3.44. The third-order valence-corrected chi connectivity index (χ3v) is 4.35. The number of carbonyl (C=O) groups excluding carboxylic acids is 1. The number of aromatic nitrogens is 4.